The van der Waals surface area contributed by atoms with Crippen LogP contribution in [0.25, 0.3) is 0 Å². The number of nitrogens with zero attached hydrogens (tertiary/aromatic N) is 1. The van der Waals surface area contributed by atoms with Crippen LogP contribution >= 0.6 is 15.9 Å². The minimum atomic E-state index is -0.114. The Kier molecular flexibility index (Phi) is 5.15. The van der Waals surface area contributed by atoms with Crippen molar-refractivity contribution >= 4 is 15.9 Å². The molecule has 90 valence electrons. The molecule has 1 rings (SSSR count). The highest BCUT2D eigenvalue weighted by Gasteiger charge is 2.10. The molecule has 1 aromatic heterocycles. The summed E-state index contributed by atoms with van der Waals surface area (Å²) in [5.74, 6) is 1.16. The molecule has 0 bridgehead atoms. The van der Waals surface area contributed by atoms with Crippen molar-refractivity contribution in [1.82, 2.24) is 9.97 Å². The predicted molar refractivity (Wildman–Crippen MR) is 66.7 cm³/mol. The highest BCUT2D eigenvalue weighted by atomic mass is 79.9. The Morgan fingerprint density at radius 2 is 2.19 bits per heavy atom. The van der Waals surface area contributed by atoms with Crippen LogP contribution in [-0.2, 0) is 17.6 Å². The number of nitrogens with one attached hydrogen (secondary N) is 1. The van der Waals surface area contributed by atoms with E-state index in [0.717, 1.165) is 12.1 Å². The number of hydrogen-bond acceptors (Lipinski definition) is 3. The monoisotopic (exact) mass is 288 g/mol. The summed E-state index contributed by atoms with van der Waals surface area (Å²) in [5.41, 5.74) is 0.710. The molecule has 0 amide bonds. The summed E-state index contributed by atoms with van der Waals surface area (Å²) in [4.78, 5) is 18.8. The molecule has 0 unspecified atom stereocenters. The first-order valence-electron chi connectivity index (χ1n) is 5.31. The normalized spacial score (nSPS) is 11.1. The Hall–Kier alpha value is -0.680. The molecule has 0 aliphatic rings. The van der Waals surface area contributed by atoms with E-state index in [4.69, 9.17) is 4.74 Å². The lowest BCUT2D eigenvalue weighted by Gasteiger charge is -2.08. The second-order valence-electron chi connectivity index (χ2n) is 4.11. The molecule has 5 heteroatoms. The van der Waals surface area contributed by atoms with Gasteiger partial charge in [0.25, 0.3) is 5.56 Å². The van der Waals surface area contributed by atoms with Gasteiger partial charge in [-0.3, -0.25) is 4.79 Å². The van der Waals surface area contributed by atoms with Crippen LogP contribution in [0.5, 0.6) is 0 Å². The van der Waals surface area contributed by atoms with Gasteiger partial charge in [0.1, 0.15) is 10.3 Å². The molecule has 0 atom stereocenters. The fraction of sp³-hybridized carbons (Fsp3) is 0.636. The van der Waals surface area contributed by atoms with Gasteiger partial charge in [0.15, 0.2) is 0 Å². The molecule has 1 N–H and O–H groups in total. The van der Waals surface area contributed by atoms with Gasteiger partial charge in [-0.2, -0.15) is 0 Å². The van der Waals surface area contributed by atoms with Crippen molar-refractivity contribution in [3.8, 4) is 0 Å². The Morgan fingerprint density at radius 1 is 1.50 bits per heavy atom. The smallest absolute Gasteiger partial charge is 0.265 e. The number of ether oxygens (including phenoxy) is 1. The molecule has 0 radical (unpaired) electrons. The van der Waals surface area contributed by atoms with Gasteiger partial charge in [-0.25, -0.2) is 4.98 Å². The van der Waals surface area contributed by atoms with Gasteiger partial charge in [-0.1, -0.05) is 13.8 Å². The van der Waals surface area contributed by atoms with Crippen molar-refractivity contribution in [2.24, 2.45) is 5.92 Å². The molecule has 0 aromatic carbocycles. The molecule has 4 nitrogen and oxygen atoms in total. The molecule has 0 saturated carbocycles. The van der Waals surface area contributed by atoms with E-state index in [1.807, 2.05) is 0 Å². The number of methoxy groups -OCH3 is 1. The van der Waals surface area contributed by atoms with E-state index in [9.17, 15) is 4.79 Å². The van der Waals surface area contributed by atoms with Gasteiger partial charge in [0, 0.05) is 13.5 Å². The minimum absolute atomic E-state index is 0.114. The molecular formula is C11H17BrN2O2. The van der Waals surface area contributed by atoms with Crippen LogP contribution in [0.2, 0.25) is 0 Å². The Bertz CT molecular complexity index is 401. The van der Waals surface area contributed by atoms with Crippen molar-refractivity contribution in [3.63, 3.8) is 0 Å². The fourth-order valence-electron chi connectivity index (χ4n) is 1.40. The van der Waals surface area contributed by atoms with Crippen molar-refractivity contribution in [2.45, 2.75) is 26.7 Å². The minimum Gasteiger partial charge on any atom is -0.384 e. The van der Waals surface area contributed by atoms with Crippen LogP contribution in [0.15, 0.2) is 9.27 Å². The SMILES string of the molecule is COCCc1nc(CC(C)C)c(Br)c(=O)[nH]1. The number of aromatic amines is 1. The van der Waals surface area contributed by atoms with E-state index < -0.39 is 0 Å². The standard InChI is InChI=1S/C11H17BrN2O2/c1-7(2)6-8-10(12)11(15)14-9(13-8)4-5-16-3/h7H,4-6H2,1-3H3,(H,13,14,15). The molecule has 16 heavy (non-hydrogen) atoms. The van der Waals surface area contributed by atoms with E-state index in [0.29, 0.717) is 29.2 Å². The van der Waals surface area contributed by atoms with Crippen molar-refractivity contribution in [1.29, 1.82) is 0 Å². The van der Waals surface area contributed by atoms with Gasteiger partial charge >= 0.3 is 0 Å². The summed E-state index contributed by atoms with van der Waals surface area (Å²) in [7, 11) is 1.63. The lowest BCUT2D eigenvalue weighted by molar-refractivity contribution is 0.200. The maximum atomic E-state index is 11.6. The van der Waals surface area contributed by atoms with E-state index in [1.165, 1.54) is 0 Å². The van der Waals surface area contributed by atoms with Crippen molar-refractivity contribution < 1.29 is 4.74 Å². The third kappa shape index (κ3) is 3.72. The van der Waals surface area contributed by atoms with Gasteiger partial charge < -0.3 is 9.72 Å². The second kappa shape index (κ2) is 6.15. The number of halogens is 1. The summed E-state index contributed by atoms with van der Waals surface area (Å²) in [6, 6.07) is 0. The summed E-state index contributed by atoms with van der Waals surface area (Å²) in [6.45, 7) is 4.76. The first-order chi connectivity index (χ1) is 7.54. The predicted octanol–water partition coefficient (Wildman–Crippen LogP) is 1.92. The average Bonchev–Trinajstić information content (AvgIpc) is 2.21. The van der Waals surface area contributed by atoms with Gasteiger partial charge in [0.2, 0.25) is 0 Å². The quantitative estimate of drug-likeness (QED) is 0.901. The average molecular weight is 289 g/mol. The number of aromatic nitrogens is 2. The highest BCUT2D eigenvalue weighted by molar-refractivity contribution is 9.10. The van der Waals surface area contributed by atoms with Crippen molar-refractivity contribution in [3.05, 3.63) is 26.3 Å². The summed E-state index contributed by atoms with van der Waals surface area (Å²) >= 11 is 3.27. The van der Waals surface area contributed by atoms with Crippen LogP contribution in [0.1, 0.15) is 25.4 Å². The van der Waals surface area contributed by atoms with Crippen LogP contribution in [0.4, 0.5) is 0 Å². The first-order valence-corrected chi connectivity index (χ1v) is 6.10. The lowest BCUT2D eigenvalue weighted by Crippen LogP contribution is -2.17. The molecule has 0 aliphatic carbocycles. The van der Waals surface area contributed by atoms with Crippen LogP contribution in [-0.4, -0.2) is 23.7 Å². The Labute approximate surface area is 104 Å². The molecule has 1 heterocycles. The summed E-state index contributed by atoms with van der Waals surface area (Å²) in [6.07, 6.45) is 1.43. The molecule has 0 saturated heterocycles. The van der Waals surface area contributed by atoms with E-state index >= 15 is 0 Å². The summed E-state index contributed by atoms with van der Waals surface area (Å²) < 4.78 is 5.51. The molecule has 0 aliphatic heterocycles. The van der Waals surface area contributed by atoms with Crippen molar-refractivity contribution in [2.75, 3.05) is 13.7 Å². The van der Waals surface area contributed by atoms with Gasteiger partial charge in [-0.05, 0) is 28.3 Å². The van der Waals surface area contributed by atoms with Crippen LogP contribution in [0, 0.1) is 5.92 Å². The zero-order valence-corrected chi connectivity index (χ0v) is 11.4. The number of hydrogen-bond donors (Lipinski definition) is 1. The Balaban J connectivity index is 2.97. The topological polar surface area (TPSA) is 55.0 Å². The fourth-order valence-corrected chi connectivity index (χ4v) is 1.75. The molecule has 0 fully saturated rings. The van der Waals surface area contributed by atoms with Crippen LogP contribution < -0.4 is 5.56 Å². The zero-order chi connectivity index (χ0) is 12.1. The third-order valence-corrected chi connectivity index (χ3v) is 2.94. The third-order valence-electron chi connectivity index (χ3n) is 2.13. The largest absolute Gasteiger partial charge is 0.384 e. The molecular weight excluding hydrogens is 272 g/mol. The Morgan fingerprint density at radius 3 is 2.75 bits per heavy atom. The van der Waals surface area contributed by atoms with Gasteiger partial charge in [-0.15, -0.1) is 0 Å². The zero-order valence-electron chi connectivity index (χ0n) is 9.84. The summed E-state index contributed by atoms with van der Waals surface area (Å²) in [5, 5.41) is 0. The van der Waals surface area contributed by atoms with E-state index in [1.54, 1.807) is 7.11 Å². The lowest BCUT2D eigenvalue weighted by atomic mass is 10.1. The highest BCUT2D eigenvalue weighted by Crippen LogP contribution is 2.13. The maximum Gasteiger partial charge on any atom is 0.265 e. The number of rotatable bonds is 5. The maximum absolute atomic E-state index is 11.6. The molecule has 1 aromatic rings. The van der Waals surface area contributed by atoms with Gasteiger partial charge in [0.05, 0.1) is 12.3 Å². The van der Waals surface area contributed by atoms with E-state index in [-0.39, 0.29) is 5.56 Å². The molecule has 0 spiro atoms. The van der Waals surface area contributed by atoms with Crippen LogP contribution in [0.3, 0.4) is 0 Å². The first kappa shape index (κ1) is 13.4. The van der Waals surface area contributed by atoms with E-state index in [2.05, 4.69) is 39.7 Å². The second-order valence-corrected chi connectivity index (χ2v) is 4.91. The number of H-pyrrole nitrogens is 1.